The number of hydrogen-bond acceptors (Lipinski definition) is 6. The van der Waals surface area contributed by atoms with E-state index in [1.807, 2.05) is 0 Å². The molecule has 1 aliphatic heterocycles. The van der Waals surface area contributed by atoms with Crippen LogP contribution in [-0.4, -0.2) is 44.0 Å². The average molecular weight is 269 g/mol. The molecule has 0 spiro atoms. The third-order valence-corrected chi connectivity index (χ3v) is 4.37. The van der Waals surface area contributed by atoms with Crippen LogP contribution in [0.2, 0.25) is 0 Å². The van der Waals surface area contributed by atoms with Gasteiger partial charge in [-0.25, -0.2) is 0 Å². The third-order valence-electron chi connectivity index (χ3n) is 3.15. The Bertz CT molecular complexity index is 458. The smallest absolute Gasteiger partial charge is 0.176 e. The number of nitrogens with one attached hydrogen (secondary N) is 1. The first-order chi connectivity index (χ1) is 8.52. The van der Waals surface area contributed by atoms with Gasteiger partial charge in [0.2, 0.25) is 0 Å². The van der Waals surface area contributed by atoms with Crippen LogP contribution in [-0.2, 0) is 0 Å². The van der Waals surface area contributed by atoms with Gasteiger partial charge in [-0.3, -0.25) is 4.79 Å². The van der Waals surface area contributed by atoms with Crippen LogP contribution in [0.5, 0.6) is 5.75 Å². The number of likely N-dealkylation sites (N-methyl/N-ethyl adjacent to an activating group) is 1. The lowest BCUT2D eigenvalue weighted by Gasteiger charge is -2.13. The Balaban J connectivity index is 2.21. The Morgan fingerprint density at radius 1 is 1.61 bits per heavy atom. The number of nitrogens with zero attached hydrogens (tertiary/aromatic N) is 1. The number of Topliss-reactive ketones (excluding diaryl/α,β-unsaturated/α-hetero) is 1. The highest BCUT2D eigenvalue weighted by molar-refractivity contribution is 7.19. The lowest BCUT2D eigenvalue weighted by molar-refractivity contribution is 0.102. The third kappa shape index (κ3) is 2.44. The summed E-state index contributed by atoms with van der Waals surface area (Å²) in [6.45, 7) is 3.60. The number of nitrogens with two attached hydrogens (primary N) is 1. The van der Waals surface area contributed by atoms with Crippen molar-refractivity contribution in [2.45, 2.75) is 19.4 Å². The molecule has 1 aliphatic rings. The molecule has 0 aromatic carbocycles. The van der Waals surface area contributed by atoms with E-state index in [9.17, 15) is 4.79 Å². The first kappa shape index (κ1) is 13.2. The number of anilines is 2. The lowest BCUT2D eigenvalue weighted by atomic mass is 10.2. The highest BCUT2D eigenvalue weighted by atomic mass is 32.1. The van der Waals surface area contributed by atoms with Gasteiger partial charge in [0.05, 0.1) is 17.7 Å². The number of likely N-dealkylation sites (tertiary alicyclic amines) is 1. The molecular formula is C12H19N3O2S. The van der Waals surface area contributed by atoms with Crippen LogP contribution < -0.4 is 15.8 Å². The molecule has 3 N–H and O–H groups in total. The van der Waals surface area contributed by atoms with Gasteiger partial charge in [0, 0.05) is 19.5 Å². The zero-order valence-corrected chi connectivity index (χ0v) is 11.8. The molecule has 0 radical (unpaired) electrons. The summed E-state index contributed by atoms with van der Waals surface area (Å²) < 4.78 is 5.30. The summed E-state index contributed by atoms with van der Waals surface area (Å²) in [4.78, 5) is 14.3. The molecule has 1 fully saturated rings. The molecule has 0 aliphatic carbocycles. The molecule has 0 saturated carbocycles. The molecule has 2 heterocycles. The van der Waals surface area contributed by atoms with Crippen molar-refractivity contribution in [3.05, 3.63) is 4.88 Å². The van der Waals surface area contributed by atoms with Gasteiger partial charge < -0.3 is 20.7 Å². The van der Waals surface area contributed by atoms with Crippen molar-refractivity contribution in [2.75, 3.05) is 38.3 Å². The maximum Gasteiger partial charge on any atom is 0.176 e. The molecule has 1 aromatic heterocycles. The SMILES string of the molecule is COc1c(NC2CCN(C)C2)sc(C(C)=O)c1N. The van der Waals surface area contributed by atoms with Crippen molar-refractivity contribution in [1.82, 2.24) is 4.90 Å². The van der Waals surface area contributed by atoms with E-state index in [4.69, 9.17) is 10.5 Å². The number of methoxy groups -OCH3 is 1. The Morgan fingerprint density at radius 2 is 2.33 bits per heavy atom. The van der Waals surface area contributed by atoms with Crippen molar-refractivity contribution < 1.29 is 9.53 Å². The standard InChI is InChI=1S/C12H19N3O2S/c1-7(16)11-9(13)10(17-3)12(18-11)14-8-4-5-15(2)6-8/h8,14H,4-6,13H2,1-3H3. The molecule has 1 saturated heterocycles. The maximum absolute atomic E-state index is 11.5. The predicted molar refractivity (Wildman–Crippen MR) is 74.8 cm³/mol. The zero-order valence-electron chi connectivity index (χ0n) is 10.9. The number of carbonyl (C=O) groups excluding carboxylic acids is 1. The summed E-state index contributed by atoms with van der Waals surface area (Å²) in [6, 6.07) is 0.391. The Labute approximate surface area is 111 Å². The van der Waals surface area contributed by atoms with Crippen LogP contribution in [0.15, 0.2) is 0 Å². The Hall–Kier alpha value is -1.27. The molecule has 100 valence electrons. The zero-order chi connectivity index (χ0) is 13.3. The summed E-state index contributed by atoms with van der Waals surface area (Å²) in [7, 11) is 3.68. The van der Waals surface area contributed by atoms with Gasteiger partial charge >= 0.3 is 0 Å². The Morgan fingerprint density at radius 3 is 2.83 bits per heavy atom. The van der Waals surface area contributed by atoms with E-state index in [1.165, 1.54) is 18.3 Å². The normalized spacial score (nSPS) is 20.1. The topological polar surface area (TPSA) is 67.6 Å². The number of ketones is 1. The summed E-state index contributed by atoms with van der Waals surface area (Å²) in [6.07, 6.45) is 1.09. The van der Waals surface area contributed by atoms with Crippen LogP contribution in [0, 0.1) is 0 Å². The second kappa shape index (κ2) is 5.16. The van der Waals surface area contributed by atoms with Crippen molar-refractivity contribution in [3.8, 4) is 5.75 Å². The molecule has 0 amide bonds. The van der Waals surface area contributed by atoms with Gasteiger partial charge in [0.1, 0.15) is 5.00 Å². The highest BCUT2D eigenvalue weighted by Crippen LogP contribution is 2.43. The van der Waals surface area contributed by atoms with Crippen LogP contribution in [0.3, 0.4) is 0 Å². The van der Waals surface area contributed by atoms with Crippen molar-refractivity contribution in [3.63, 3.8) is 0 Å². The fourth-order valence-electron chi connectivity index (χ4n) is 2.23. The monoisotopic (exact) mass is 269 g/mol. The van der Waals surface area contributed by atoms with Gasteiger partial charge in [-0.2, -0.15) is 0 Å². The van der Waals surface area contributed by atoms with Gasteiger partial charge in [-0.1, -0.05) is 0 Å². The van der Waals surface area contributed by atoms with E-state index in [0.29, 0.717) is 22.4 Å². The first-order valence-corrected chi connectivity index (χ1v) is 6.76. The summed E-state index contributed by atoms with van der Waals surface area (Å²) in [5.41, 5.74) is 6.38. The second-order valence-corrected chi connectivity index (χ2v) is 5.68. The molecule has 2 rings (SSSR count). The number of hydrogen-bond donors (Lipinski definition) is 2. The van der Waals surface area contributed by atoms with Crippen molar-refractivity contribution in [1.29, 1.82) is 0 Å². The van der Waals surface area contributed by atoms with E-state index in [2.05, 4.69) is 17.3 Å². The number of ether oxygens (including phenoxy) is 1. The number of rotatable bonds is 4. The summed E-state index contributed by atoms with van der Waals surface area (Å²) >= 11 is 1.38. The van der Waals surface area contributed by atoms with Gasteiger partial charge in [0.15, 0.2) is 11.5 Å². The largest absolute Gasteiger partial charge is 0.492 e. The van der Waals surface area contributed by atoms with Gasteiger partial charge in [-0.05, 0) is 20.0 Å². The average Bonchev–Trinajstić information content (AvgIpc) is 2.84. The van der Waals surface area contributed by atoms with E-state index in [0.717, 1.165) is 24.5 Å². The fourth-order valence-corrected chi connectivity index (χ4v) is 3.29. The fraction of sp³-hybridized carbons (Fsp3) is 0.583. The Kier molecular flexibility index (Phi) is 3.77. The van der Waals surface area contributed by atoms with Gasteiger partial charge in [0.25, 0.3) is 0 Å². The minimum Gasteiger partial charge on any atom is -0.492 e. The minimum atomic E-state index is -0.0209. The molecule has 18 heavy (non-hydrogen) atoms. The number of nitrogen functional groups attached to an aromatic ring is 1. The molecule has 5 nitrogen and oxygen atoms in total. The van der Waals surface area contributed by atoms with Gasteiger partial charge in [-0.15, -0.1) is 11.3 Å². The molecular weight excluding hydrogens is 250 g/mol. The predicted octanol–water partition coefficient (Wildman–Crippen LogP) is 1.66. The van der Waals surface area contributed by atoms with Crippen LogP contribution in [0.4, 0.5) is 10.7 Å². The summed E-state index contributed by atoms with van der Waals surface area (Å²) in [5, 5.41) is 4.29. The quantitative estimate of drug-likeness (QED) is 0.814. The molecule has 1 atom stereocenters. The minimum absolute atomic E-state index is 0.0209. The van der Waals surface area contributed by atoms with E-state index < -0.39 is 0 Å². The highest BCUT2D eigenvalue weighted by Gasteiger charge is 2.24. The maximum atomic E-state index is 11.5. The van der Waals surface area contributed by atoms with Crippen molar-refractivity contribution >= 4 is 27.8 Å². The van der Waals surface area contributed by atoms with Crippen LogP contribution in [0.1, 0.15) is 23.0 Å². The molecule has 6 heteroatoms. The summed E-state index contributed by atoms with van der Waals surface area (Å²) in [5.74, 6) is 0.576. The molecule has 1 aromatic rings. The van der Waals surface area contributed by atoms with Crippen LogP contribution >= 0.6 is 11.3 Å². The van der Waals surface area contributed by atoms with E-state index >= 15 is 0 Å². The number of thiophene rings is 1. The van der Waals surface area contributed by atoms with Crippen molar-refractivity contribution in [2.24, 2.45) is 0 Å². The van der Waals surface area contributed by atoms with E-state index in [1.54, 1.807) is 7.11 Å². The lowest BCUT2D eigenvalue weighted by Crippen LogP contribution is -2.23. The molecule has 1 unspecified atom stereocenters. The second-order valence-electron chi connectivity index (χ2n) is 4.66. The van der Waals surface area contributed by atoms with Crippen LogP contribution in [0.25, 0.3) is 0 Å². The number of carbonyl (C=O) groups is 1. The molecule has 0 bridgehead atoms. The van der Waals surface area contributed by atoms with E-state index in [-0.39, 0.29) is 5.78 Å². The first-order valence-electron chi connectivity index (χ1n) is 5.95.